The molecule has 2 aromatic rings. The van der Waals surface area contributed by atoms with Gasteiger partial charge in [0.1, 0.15) is 5.75 Å². The van der Waals surface area contributed by atoms with E-state index in [9.17, 15) is 0 Å². The summed E-state index contributed by atoms with van der Waals surface area (Å²) < 4.78 is 6.04. The lowest BCUT2D eigenvalue weighted by Crippen LogP contribution is -2.31. The SMILES string of the molecule is CC1Nc2ccccc2OC1c1cccs1. The van der Waals surface area contributed by atoms with Crippen molar-refractivity contribution < 1.29 is 4.74 Å². The van der Waals surface area contributed by atoms with Crippen LogP contribution in [0.5, 0.6) is 5.75 Å². The molecule has 3 rings (SSSR count). The van der Waals surface area contributed by atoms with Gasteiger partial charge in [-0.2, -0.15) is 0 Å². The number of rotatable bonds is 1. The minimum absolute atomic E-state index is 0.120. The smallest absolute Gasteiger partial charge is 0.153 e. The second kappa shape index (κ2) is 3.83. The zero-order valence-corrected chi connectivity index (χ0v) is 9.83. The summed E-state index contributed by atoms with van der Waals surface area (Å²) in [7, 11) is 0. The highest BCUT2D eigenvalue weighted by molar-refractivity contribution is 7.10. The van der Waals surface area contributed by atoms with Gasteiger partial charge in [-0.1, -0.05) is 18.2 Å². The van der Waals surface area contributed by atoms with E-state index in [1.165, 1.54) is 4.88 Å². The fourth-order valence-corrected chi connectivity index (χ4v) is 2.86. The van der Waals surface area contributed by atoms with Crippen LogP contribution in [0.1, 0.15) is 17.9 Å². The van der Waals surface area contributed by atoms with Crippen LogP contribution in [-0.4, -0.2) is 6.04 Å². The summed E-state index contributed by atoms with van der Waals surface area (Å²) >= 11 is 1.74. The van der Waals surface area contributed by atoms with Crippen LogP contribution in [0.4, 0.5) is 5.69 Å². The molecule has 0 amide bonds. The van der Waals surface area contributed by atoms with Crippen molar-refractivity contribution in [3.05, 3.63) is 46.7 Å². The van der Waals surface area contributed by atoms with Crippen LogP contribution in [0, 0.1) is 0 Å². The van der Waals surface area contributed by atoms with Crippen LogP contribution in [0.15, 0.2) is 41.8 Å². The molecule has 2 unspecified atom stereocenters. The molecule has 0 saturated carbocycles. The van der Waals surface area contributed by atoms with Gasteiger partial charge in [0, 0.05) is 4.88 Å². The number of hydrogen-bond acceptors (Lipinski definition) is 3. The number of hydrogen-bond donors (Lipinski definition) is 1. The van der Waals surface area contributed by atoms with Crippen molar-refractivity contribution in [2.75, 3.05) is 5.32 Å². The lowest BCUT2D eigenvalue weighted by molar-refractivity contribution is 0.181. The van der Waals surface area contributed by atoms with Crippen molar-refractivity contribution in [2.45, 2.75) is 19.1 Å². The quantitative estimate of drug-likeness (QED) is 0.808. The zero-order chi connectivity index (χ0) is 11.0. The number of para-hydroxylation sites is 2. The Balaban J connectivity index is 1.95. The van der Waals surface area contributed by atoms with E-state index in [0.717, 1.165) is 11.4 Å². The molecule has 0 saturated heterocycles. The molecule has 0 aliphatic carbocycles. The molecule has 1 N–H and O–H groups in total. The molecule has 1 aromatic heterocycles. The number of ether oxygens (including phenoxy) is 1. The molecule has 2 nitrogen and oxygen atoms in total. The lowest BCUT2D eigenvalue weighted by Gasteiger charge is -2.32. The van der Waals surface area contributed by atoms with Gasteiger partial charge in [0.2, 0.25) is 0 Å². The van der Waals surface area contributed by atoms with Gasteiger partial charge in [-0.25, -0.2) is 0 Å². The molecule has 2 atom stereocenters. The zero-order valence-electron chi connectivity index (χ0n) is 9.01. The van der Waals surface area contributed by atoms with E-state index in [0.29, 0.717) is 6.04 Å². The maximum absolute atomic E-state index is 6.04. The van der Waals surface area contributed by atoms with E-state index in [4.69, 9.17) is 4.74 Å². The Labute approximate surface area is 98.9 Å². The van der Waals surface area contributed by atoms with Crippen LogP contribution in [-0.2, 0) is 0 Å². The first-order valence-corrected chi connectivity index (χ1v) is 6.28. The second-order valence-corrected chi connectivity index (χ2v) is 4.96. The Bertz CT molecular complexity index is 480. The molecule has 1 aliphatic rings. The van der Waals surface area contributed by atoms with Crippen molar-refractivity contribution in [3.63, 3.8) is 0 Å². The van der Waals surface area contributed by atoms with Gasteiger partial charge in [-0.15, -0.1) is 11.3 Å². The highest BCUT2D eigenvalue weighted by Crippen LogP contribution is 2.38. The van der Waals surface area contributed by atoms with Crippen LogP contribution in [0.25, 0.3) is 0 Å². The summed E-state index contributed by atoms with van der Waals surface area (Å²) in [6.07, 6.45) is 0.120. The molecule has 0 radical (unpaired) electrons. The van der Waals surface area contributed by atoms with E-state index < -0.39 is 0 Å². The fraction of sp³-hybridized carbons (Fsp3) is 0.231. The minimum Gasteiger partial charge on any atom is -0.481 e. The largest absolute Gasteiger partial charge is 0.481 e. The topological polar surface area (TPSA) is 21.3 Å². The Hall–Kier alpha value is -1.48. The van der Waals surface area contributed by atoms with Gasteiger partial charge in [-0.05, 0) is 30.5 Å². The van der Waals surface area contributed by atoms with Gasteiger partial charge in [0.25, 0.3) is 0 Å². The Kier molecular flexibility index (Phi) is 2.33. The Morgan fingerprint density at radius 3 is 2.88 bits per heavy atom. The first-order valence-electron chi connectivity index (χ1n) is 5.40. The van der Waals surface area contributed by atoms with Crippen LogP contribution in [0.3, 0.4) is 0 Å². The van der Waals surface area contributed by atoms with Crippen LogP contribution in [0.2, 0.25) is 0 Å². The summed E-state index contributed by atoms with van der Waals surface area (Å²) in [5, 5.41) is 5.57. The monoisotopic (exact) mass is 231 g/mol. The standard InChI is InChI=1S/C13H13NOS/c1-9-13(12-7-4-8-16-12)15-11-6-3-2-5-10(11)14-9/h2-9,13-14H,1H3. The number of fused-ring (bicyclic) bond motifs is 1. The third-order valence-electron chi connectivity index (χ3n) is 2.80. The highest BCUT2D eigenvalue weighted by Gasteiger charge is 2.27. The molecular weight excluding hydrogens is 218 g/mol. The first-order chi connectivity index (χ1) is 7.84. The number of benzene rings is 1. The Morgan fingerprint density at radius 1 is 1.19 bits per heavy atom. The predicted molar refractivity (Wildman–Crippen MR) is 67.2 cm³/mol. The minimum atomic E-state index is 0.120. The summed E-state index contributed by atoms with van der Waals surface area (Å²) in [6.45, 7) is 2.15. The molecule has 1 aliphatic heterocycles. The average molecular weight is 231 g/mol. The molecule has 0 spiro atoms. The molecule has 3 heteroatoms. The van der Waals surface area contributed by atoms with Crippen molar-refractivity contribution in [1.82, 2.24) is 0 Å². The van der Waals surface area contributed by atoms with Crippen molar-refractivity contribution >= 4 is 17.0 Å². The third kappa shape index (κ3) is 1.57. The summed E-state index contributed by atoms with van der Waals surface area (Å²) in [4.78, 5) is 1.27. The van der Waals surface area contributed by atoms with Crippen LogP contribution < -0.4 is 10.1 Å². The molecule has 16 heavy (non-hydrogen) atoms. The van der Waals surface area contributed by atoms with Crippen molar-refractivity contribution in [1.29, 1.82) is 0 Å². The van der Waals surface area contributed by atoms with E-state index in [-0.39, 0.29) is 6.10 Å². The van der Waals surface area contributed by atoms with Crippen molar-refractivity contribution in [3.8, 4) is 5.75 Å². The lowest BCUT2D eigenvalue weighted by atomic mass is 10.1. The predicted octanol–water partition coefficient (Wildman–Crippen LogP) is 3.68. The normalized spacial score (nSPS) is 23.1. The molecular formula is C13H13NOS. The van der Waals surface area contributed by atoms with E-state index in [1.54, 1.807) is 11.3 Å². The van der Waals surface area contributed by atoms with Crippen molar-refractivity contribution in [2.24, 2.45) is 0 Å². The number of anilines is 1. The van der Waals surface area contributed by atoms with Crippen LogP contribution >= 0.6 is 11.3 Å². The van der Waals surface area contributed by atoms with Gasteiger partial charge in [0.05, 0.1) is 11.7 Å². The third-order valence-corrected chi connectivity index (χ3v) is 3.74. The number of nitrogens with one attached hydrogen (secondary N) is 1. The molecule has 1 aromatic carbocycles. The summed E-state index contributed by atoms with van der Waals surface area (Å²) in [5.74, 6) is 0.944. The van der Waals surface area contributed by atoms with E-state index >= 15 is 0 Å². The molecule has 0 bridgehead atoms. The summed E-state index contributed by atoms with van der Waals surface area (Å²) in [5.41, 5.74) is 1.09. The van der Waals surface area contributed by atoms with Gasteiger partial charge >= 0.3 is 0 Å². The highest BCUT2D eigenvalue weighted by atomic mass is 32.1. The van der Waals surface area contributed by atoms with Gasteiger partial charge in [0.15, 0.2) is 6.10 Å². The molecule has 82 valence electrons. The molecule has 2 heterocycles. The number of thiophene rings is 1. The molecule has 0 fully saturated rings. The van der Waals surface area contributed by atoms with E-state index in [2.05, 4.69) is 35.8 Å². The summed E-state index contributed by atoms with van der Waals surface area (Å²) in [6, 6.07) is 12.6. The fourth-order valence-electron chi connectivity index (χ4n) is 2.01. The maximum atomic E-state index is 6.04. The van der Waals surface area contributed by atoms with Gasteiger partial charge < -0.3 is 10.1 Å². The average Bonchev–Trinajstić information content (AvgIpc) is 2.81. The first kappa shape index (κ1) is 9.73. The van der Waals surface area contributed by atoms with Gasteiger partial charge in [-0.3, -0.25) is 0 Å². The Morgan fingerprint density at radius 2 is 2.06 bits per heavy atom. The van der Waals surface area contributed by atoms with E-state index in [1.807, 2.05) is 18.2 Å². The second-order valence-electron chi connectivity index (χ2n) is 3.98. The maximum Gasteiger partial charge on any atom is 0.153 e.